The minimum absolute atomic E-state index is 0.460. The van der Waals surface area contributed by atoms with Crippen LogP contribution in [0.3, 0.4) is 0 Å². The van der Waals surface area contributed by atoms with Crippen LogP contribution in [0.25, 0.3) is 0 Å². The molecule has 130 valence electrons. The van der Waals surface area contributed by atoms with Crippen molar-refractivity contribution in [1.82, 2.24) is 4.90 Å². The first-order valence-corrected chi connectivity index (χ1v) is 8.88. The zero-order valence-electron chi connectivity index (χ0n) is 14.7. The highest BCUT2D eigenvalue weighted by molar-refractivity contribution is 5.59. The fourth-order valence-corrected chi connectivity index (χ4v) is 3.38. The van der Waals surface area contributed by atoms with E-state index in [1.807, 2.05) is 48.5 Å². The van der Waals surface area contributed by atoms with Crippen LogP contribution in [0, 0.1) is 18.3 Å². The van der Waals surface area contributed by atoms with E-state index < -0.39 is 6.10 Å². The molecule has 1 unspecified atom stereocenters. The number of rotatable bonds is 4. The Balaban J connectivity index is 1.62. The van der Waals surface area contributed by atoms with Gasteiger partial charge in [-0.25, -0.2) is 0 Å². The van der Waals surface area contributed by atoms with Gasteiger partial charge >= 0.3 is 0 Å². The van der Waals surface area contributed by atoms with Crippen molar-refractivity contribution in [1.29, 1.82) is 5.26 Å². The highest BCUT2D eigenvalue weighted by atomic mass is 16.3. The quantitative estimate of drug-likeness (QED) is 0.933. The lowest BCUT2D eigenvalue weighted by atomic mass is 10.1. The maximum Gasteiger partial charge on any atom is 0.101 e. The molecule has 25 heavy (non-hydrogen) atoms. The summed E-state index contributed by atoms with van der Waals surface area (Å²) in [5.41, 5.74) is 3.93. The summed E-state index contributed by atoms with van der Waals surface area (Å²) < 4.78 is 0. The number of anilines is 1. The normalized spacial score (nSPS) is 16.9. The third-order valence-electron chi connectivity index (χ3n) is 4.85. The fourth-order valence-electron chi connectivity index (χ4n) is 3.38. The van der Waals surface area contributed by atoms with Crippen molar-refractivity contribution >= 4 is 5.69 Å². The molecule has 0 aliphatic carbocycles. The molecule has 2 aromatic carbocycles. The molecule has 1 fully saturated rings. The number of para-hydroxylation sites is 1. The summed E-state index contributed by atoms with van der Waals surface area (Å²) in [5.74, 6) is 0. The summed E-state index contributed by atoms with van der Waals surface area (Å²) in [5, 5.41) is 19.8. The van der Waals surface area contributed by atoms with Crippen molar-refractivity contribution in [2.24, 2.45) is 0 Å². The molecule has 1 atom stereocenters. The summed E-state index contributed by atoms with van der Waals surface area (Å²) >= 11 is 0. The minimum Gasteiger partial charge on any atom is -0.387 e. The first kappa shape index (κ1) is 17.5. The van der Waals surface area contributed by atoms with E-state index in [1.165, 1.54) is 5.56 Å². The van der Waals surface area contributed by atoms with Gasteiger partial charge in [0.05, 0.1) is 17.4 Å². The second-order valence-electron chi connectivity index (χ2n) is 6.70. The molecule has 3 rings (SSSR count). The minimum atomic E-state index is -0.460. The number of hydrogen-bond donors (Lipinski definition) is 1. The largest absolute Gasteiger partial charge is 0.387 e. The highest BCUT2D eigenvalue weighted by Crippen LogP contribution is 2.22. The Morgan fingerprint density at radius 2 is 1.80 bits per heavy atom. The average Bonchev–Trinajstić information content (AvgIpc) is 2.87. The van der Waals surface area contributed by atoms with Gasteiger partial charge in [0.15, 0.2) is 0 Å². The van der Waals surface area contributed by atoms with E-state index in [4.69, 9.17) is 0 Å². The van der Waals surface area contributed by atoms with Crippen LogP contribution >= 0.6 is 0 Å². The molecule has 1 aliphatic heterocycles. The third kappa shape index (κ3) is 4.39. The standard InChI is InChI=1S/C21H25N3O/c1-17-7-9-18(10-8-17)21(25)16-23-11-4-12-24(14-13-23)20-6-3-2-5-19(20)15-22/h2-3,5-10,21,25H,4,11-14,16H2,1H3. The number of aliphatic hydroxyl groups is 1. The predicted octanol–water partition coefficient (Wildman–Crippen LogP) is 3.11. The Labute approximate surface area is 149 Å². The van der Waals surface area contributed by atoms with Crippen LogP contribution in [0.15, 0.2) is 48.5 Å². The Bertz CT molecular complexity index is 736. The number of nitrogens with zero attached hydrogens (tertiary/aromatic N) is 3. The van der Waals surface area contributed by atoms with E-state index in [0.717, 1.165) is 49.4 Å². The molecule has 4 nitrogen and oxygen atoms in total. The van der Waals surface area contributed by atoms with Crippen LogP contribution in [0.1, 0.15) is 29.2 Å². The maximum absolute atomic E-state index is 10.5. The van der Waals surface area contributed by atoms with E-state index in [9.17, 15) is 10.4 Å². The monoisotopic (exact) mass is 335 g/mol. The van der Waals surface area contributed by atoms with Crippen molar-refractivity contribution in [3.63, 3.8) is 0 Å². The van der Waals surface area contributed by atoms with Gasteiger partial charge in [-0.3, -0.25) is 4.90 Å². The Morgan fingerprint density at radius 3 is 2.56 bits per heavy atom. The fraction of sp³-hybridized carbons (Fsp3) is 0.381. The van der Waals surface area contributed by atoms with Gasteiger partial charge in [0, 0.05) is 32.7 Å². The molecule has 1 aliphatic rings. The summed E-state index contributed by atoms with van der Waals surface area (Å²) in [6, 6.07) is 18.2. The summed E-state index contributed by atoms with van der Waals surface area (Å²) in [6.07, 6.45) is 0.568. The molecule has 4 heteroatoms. The molecule has 0 aromatic heterocycles. The zero-order chi connectivity index (χ0) is 17.6. The van der Waals surface area contributed by atoms with Gasteiger partial charge in [0.2, 0.25) is 0 Å². The molecule has 1 N–H and O–H groups in total. The number of benzene rings is 2. The molecule has 1 saturated heterocycles. The molecule has 2 aromatic rings. The molecule has 0 spiro atoms. The lowest BCUT2D eigenvalue weighted by Gasteiger charge is -2.25. The SMILES string of the molecule is Cc1ccc(C(O)CN2CCCN(c3ccccc3C#N)CC2)cc1. The first-order chi connectivity index (χ1) is 12.2. The van der Waals surface area contributed by atoms with Gasteiger partial charge in [0.1, 0.15) is 6.07 Å². The van der Waals surface area contributed by atoms with E-state index in [-0.39, 0.29) is 0 Å². The van der Waals surface area contributed by atoms with Crippen molar-refractivity contribution in [2.75, 3.05) is 37.6 Å². The third-order valence-corrected chi connectivity index (χ3v) is 4.85. The number of hydrogen-bond acceptors (Lipinski definition) is 4. The van der Waals surface area contributed by atoms with Crippen molar-refractivity contribution in [2.45, 2.75) is 19.4 Å². The van der Waals surface area contributed by atoms with Crippen LogP contribution in [-0.2, 0) is 0 Å². The number of aliphatic hydroxyl groups excluding tert-OH is 1. The maximum atomic E-state index is 10.5. The number of aryl methyl sites for hydroxylation is 1. The average molecular weight is 335 g/mol. The van der Waals surface area contributed by atoms with Gasteiger partial charge in [0.25, 0.3) is 0 Å². The van der Waals surface area contributed by atoms with Crippen LogP contribution in [0.2, 0.25) is 0 Å². The lowest BCUT2D eigenvalue weighted by Crippen LogP contribution is -2.33. The second kappa shape index (κ2) is 8.15. The molecule has 1 heterocycles. The highest BCUT2D eigenvalue weighted by Gasteiger charge is 2.19. The number of nitriles is 1. The second-order valence-corrected chi connectivity index (χ2v) is 6.70. The smallest absolute Gasteiger partial charge is 0.101 e. The van der Waals surface area contributed by atoms with Crippen LogP contribution in [-0.4, -0.2) is 42.7 Å². The van der Waals surface area contributed by atoms with Crippen LogP contribution in [0.5, 0.6) is 0 Å². The summed E-state index contributed by atoms with van der Waals surface area (Å²) in [4.78, 5) is 4.61. The molecule has 0 bridgehead atoms. The predicted molar refractivity (Wildman–Crippen MR) is 101 cm³/mol. The van der Waals surface area contributed by atoms with E-state index in [0.29, 0.717) is 6.54 Å². The van der Waals surface area contributed by atoms with Gasteiger partial charge in [-0.15, -0.1) is 0 Å². The van der Waals surface area contributed by atoms with Gasteiger partial charge in [-0.05, 0) is 31.0 Å². The van der Waals surface area contributed by atoms with Crippen molar-refractivity contribution in [3.8, 4) is 6.07 Å². The number of β-amino-alcohol motifs (C(OH)–C–C–N with tert-alkyl or cyclic N) is 1. The van der Waals surface area contributed by atoms with E-state index >= 15 is 0 Å². The molecular weight excluding hydrogens is 310 g/mol. The Hall–Kier alpha value is -2.35. The topological polar surface area (TPSA) is 50.5 Å². The van der Waals surface area contributed by atoms with Crippen LogP contribution in [0.4, 0.5) is 5.69 Å². The summed E-state index contributed by atoms with van der Waals surface area (Å²) in [6.45, 7) is 6.38. The van der Waals surface area contributed by atoms with Crippen molar-refractivity contribution < 1.29 is 5.11 Å². The van der Waals surface area contributed by atoms with Gasteiger partial charge in [-0.1, -0.05) is 42.0 Å². The van der Waals surface area contributed by atoms with Gasteiger partial charge in [-0.2, -0.15) is 5.26 Å². The molecule has 0 saturated carbocycles. The van der Waals surface area contributed by atoms with E-state index in [2.05, 4.69) is 22.8 Å². The first-order valence-electron chi connectivity index (χ1n) is 8.88. The van der Waals surface area contributed by atoms with Crippen molar-refractivity contribution in [3.05, 3.63) is 65.2 Å². The molecular formula is C21H25N3O. The van der Waals surface area contributed by atoms with Gasteiger partial charge < -0.3 is 10.0 Å². The molecule has 0 radical (unpaired) electrons. The zero-order valence-corrected chi connectivity index (χ0v) is 14.7. The van der Waals surface area contributed by atoms with E-state index in [1.54, 1.807) is 0 Å². The lowest BCUT2D eigenvalue weighted by molar-refractivity contribution is 0.117. The Morgan fingerprint density at radius 1 is 1.04 bits per heavy atom. The Kier molecular flexibility index (Phi) is 5.70. The van der Waals surface area contributed by atoms with Crippen LogP contribution < -0.4 is 4.90 Å². The summed E-state index contributed by atoms with van der Waals surface area (Å²) in [7, 11) is 0. The molecule has 0 amide bonds.